The number of carbonyl (C=O) groups is 2. The summed E-state index contributed by atoms with van der Waals surface area (Å²) in [6.45, 7) is 0.133. The lowest BCUT2D eigenvalue weighted by atomic mass is 9.98. The van der Waals surface area contributed by atoms with Crippen molar-refractivity contribution in [1.29, 1.82) is 0 Å². The third-order valence-corrected chi connectivity index (χ3v) is 3.86. The summed E-state index contributed by atoms with van der Waals surface area (Å²) < 4.78 is 9.85. The van der Waals surface area contributed by atoms with Crippen LogP contribution in [0.25, 0.3) is 0 Å². The average Bonchev–Trinajstić information content (AvgIpc) is 2.97. The number of esters is 1. The van der Waals surface area contributed by atoms with E-state index in [9.17, 15) is 14.7 Å². The van der Waals surface area contributed by atoms with E-state index in [-0.39, 0.29) is 12.5 Å². The van der Waals surface area contributed by atoms with E-state index in [2.05, 4.69) is 5.32 Å². The molecule has 0 saturated heterocycles. The van der Waals surface area contributed by atoms with E-state index >= 15 is 0 Å². The molecular formula is C16H21NO5. The van der Waals surface area contributed by atoms with Gasteiger partial charge in [-0.25, -0.2) is 9.59 Å². The SMILES string of the molecule is COC(=O)[C@H](NC(=O)OCc1ccccc1)[C@@H]1CC[C@H](O)C1. The van der Waals surface area contributed by atoms with Gasteiger partial charge in [-0.3, -0.25) is 0 Å². The van der Waals surface area contributed by atoms with Crippen molar-refractivity contribution in [2.75, 3.05) is 7.11 Å². The first-order valence-electron chi connectivity index (χ1n) is 7.33. The highest BCUT2D eigenvalue weighted by Crippen LogP contribution is 2.28. The lowest BCUT2D eigenvalue weighted by molar-refractivity contribution is -0.144. The summed E-state index contributed by atoms with van der Waals surface area (Å²) in [5.41, 5.74) is 0.864. The monoisotopic (exact) mass is 307 g/mol. The number of amides is 1. The van der Waals surface area contributed by atoms with E-state index in [1.165, 1.54) is 7.11 Å². The van der Waals surface area contributed by atoms with Gasteiger partial charge in [0.25, 0.3) is 0 Å². The molecule has 6 heteroatoms. The van der Waals surface area contributed by atoms with E-state index in [1.807, 2.05) is 30.3 Å². The van der Waals surface area contributed by atoms with Crippen LogP contribution in [0.5, 0.6) is 0 Å². The fourth-order valence-corrected chi connectivity index (χ4v) is 2.68. The van der Waals surface area contributed by atoms with Gasteiger partial charge in [0.05, 0.1) is 13.2 Å². The number of ether oxygens (including phenoxy) is 2. The Labute approximate surface area is 129 Å². The van der Waals surface area contributed by atoms with Crippen molar-refractivity contribution in [3.05, 3.63) is 35.9 Å². The maximum atomic E-state index is 11.9. The molecule has 1 fully saturated rings. The molecule has 3 atom stereocenters. The molecule has 0 spiro atoms. The summed E-state index contributed by atoms with van der Waals surface area (Å²) >= 11 is 0. The minimum absolute atomic E-state index is 0.133. The normalized spacial score (nSPS) is 21.9. The molecule has 0 bridgehead atoms. The summed E-state index contributed by atoms with van der Waals surface area (Å²) in [5.74, 6) is -0.650. The summed E-state index contributed by atoms with van der Waals surface area (Å²) in [4.78, 5) is 23.7. The zero-order valence-corrected chi connectivity index (χ0v) is 12.5. The van der Waals surface area contributed by atoms with E-state index in [4.69, 9.17) is 9.47 Å². The van der Waals surface area contributed by atoms with Crippen LogP contribution in [-0.2, 0) is 20.9 Å². The molecule has 2 N–H and O–H groups in total. The zero-order valence-electron chi connectivity index (χ0n) is 12.5. The second-order valence-electron chi connectivity index (χ2n) is 5.43. The average molecular weight is 307 g/mol. The van der Waals surface area contributed by atoms with E-state index in [0.717, 1.165) is 5.56 Å². The maximum absolute atomic E-state index is 11.9. The number of hydrogen-bond acceptors (Lipinski definition) is 5. The molecule has 0 radical (unpaired) electrons. The van der Waals surface area contributed by atoms with E-state index in [1.54, 1.807) is 0 Å². The van der Waals surface area contributed by atoms with Gasteiger partial charge in [0.2, 0.25) is 0 Å². The summed E-state index contributed by atoms with van der Waals surface area (Å²) in [6, 6.07) is 8.49. The minimum atomic E-state index is -0.787. The third kappa shape index (κ3) is 4.46. The van der Waals surface area contributed by atoms with Crippen molar-refractivity contribution in [1.82, 2.24) is 5.32 Å². The molecule has 0 unspecified atom stereocenters. The first-order valence-corrected chi connectivity index (χ1v) is 7.33. The Morgan fingerprint density at radius 1 is 1.32 bits per heavy atom. The Hall–Kier alpha value is -2.08. The largest absolute Gasteiger partial charge is 0.467 e. The molecule has 1 saturated carbocycles. The summed E-state index contributed by atoms with van der Waals surface area (Å²) in [7, 11) is 1.28. The molecule has 0 aromatic heterocycles. The first-order chi connectivity index (χ1) is 10.6. The Kier molecular flexibility index (Phi) is 5.77. The van der Waals surface area contributed by atoms with Crippen molar-refractivity contribution in [2.45, 2.75) is 38.0 Å². The molecule has 6 nitrogen and oxygen atoms in total. The van der Waals surface area contributed by atoms with Crippen LogP contribution in [0.1, 0.15) is 24.8 Å². The lowest BCUT2D eigenvalue weighted by Gasteiger charge is -2.22. The molecular weight excluding hydrogens is 286 g/mol. The van der Waals surface area contributed by atoms with Crippen molar-refractivity contribution >= 4 is 12.1 Å². The standard InChI is InChI=1S/C16H21NO5/c1-21-15(19)14(12-7-8-13(18)9-12)17-16(20)22-10-11-5-3-2-4-6-11/h2-6,12-14,18H,7-10H2,1H3,(H,17,20)/t12-,13+,14-/m1/s1. The summed E-state index contributed by atoms with van der Waals surface area (Å²) in [5, 5.41) is 12.1. The van der Waals surface area contributed by atoms with Gasteiger partial charge in [-0.1, -0.05) is 30.3 Å². The molecule has 2 rings (SSSR count). The number of nitrogens with one attached hydrogen (secondary N) is 1. The molecule has 120 valence electrons. The van der Waals surface area contributed by atoms with Crippen molar-refractivity contribution in [3.8, 4) is 0 Å². The van der Waals surface area contributed by atoms with Gasteiger partial charge in [-0.05, 0) is 30.7 Å². The number of hydrogen-bond donors (Lipinski definition) is 2. The highest BCUT2D eigenvalue weighted by atomic mass is 16.6. The van der Waals surface area contributed by atoms with E-state index in [0.29, 0.717) is 19.3 Å². The van der Waals surface area contributed by atoms with Gasteiger partial charge in [0, 0.05) is 0 Å². The van der Waals surface area contributed by atoms with Crippen molar-refractivity contribution in [3.63, 3.8) is 0 Å². The lowest BCUT2D eigenvalue weighted by Crippen LogP contribution is -2.46. The van der Waals surface area contributed by atoms with Crippen LogP contribution in [0.2, 0.25) is 0 Å². The Balaban J connectivity index is 1.89. The fourth-order valence-electron chi connectivity index (χ4n) is 2.68. The van der Waals surface area contributed by atoms with Crippen molar-refractivity contribution in [2.24, 2.45) is 5.92 Å². The number of alkyl carbamates (subject to hydrolysis) is 1. The smallest absolute Gasteiger partial charge is 0.408 e. The third-order valence-electron chi connectivity index (χ3n) is 3.86. The highest BCUT2D eigenvalue weighted by Gasteiger charge is 2.36. The topological polar surface area (TPSA) is 84.9 Å². The molecule has 1 aromatic rings. The molecule has 1 amide bonds. The molecule has 0 heterocycles. The van der Waals surface area contributed by atoms with Gasteiger partial charge < -0.3 is 19.9 Å². The molecule has 0 aliphatic heterocycles. The van der Waals surface area contributed by atoms with Gasteiger partial charge in [-0.15, -0.1) is 0 Å². The first kappa shape index (κ1) is 16.3. The van der Waals surface area contributed by atoms with Gasteiger partial charge >= 0.3 is 12.1 Å². The van der Waals surface area contributed by atoms with Crippen LogP contribution in [0.3, 0.4) is 0 Å². The molecule has 1 aromatic carbocycles. The summed E-state index contributed by atoms with van der Waals surface area (Å²) in [6.07, 6.45) is 0.664. The number of carbonyl (C=O) groups excluding carboxylic acids is 2. The van der Waals surface area contributed by atoms with Crippen LogP contribution >= 0.6 is 0 Å². The van der Waals surface area contributed by atoms with Crippen molar-refractivity contribution < 1.29 is 24.2 Å². The maximum Gasteiger partial charge on any atom is 0.408 e. The Morgan fingerprint density at radius 3 is 2.64 bits per heavy atom. The fraction of sp³-hybridized carbons (Fsp3) is 0.500. The predicted octanol–water partition coefficient (Wildman–Crippen LogP) is 1.62. The number of aliphatic hydroxyl groups excluding tert-OH is 1. The number of benzene rings is 1. The molecule has 1 aliphatic rings. The second kappa shape index (κ2) is 7.79. The zero-order chi connectivity index (χ0) is 15.9. The number of methoxy groups -OCH3 is 1. The Morgan fingerprint density at radius 2 is 2.05 bits per heavy atom. The van der Waals surface area contributed by atoms with Gasteiger partial charge in [0.15, 0.2) is 0 Å². The number of rotatable bonds is 5. The van der Waals surface area contributed by atoms with Gasteiger partial charge in [0.1, 0.15) is 12.6 Å². The van der Waals surface area contributed by atoms with Crippen LogP contribution < -0.4 is 5.32 Å². The van der Waals surface area contributed by atoms with Crippen LogP contribution in [0, 0.1) is 5.92 Å². The minimum Gasteiger partial charge on any atom is -0.467 e. The highest BCUT2D eigenvalue weighted by molar-refractivity contribution is 5.81. The van der Waals surface area contributed by atoms with Crippen LogP contribution in [-0.4, -0.2) is 36.4 Å². The second-order valence-corrected chi connectivity index (χ2v) is 5.43. The predicted molar refractivity (Wildman–Crippen MR) is 78.9 cm³/mol. The molecule has 22 heavy (non-hydrogen) atoms. The quantitative estimate of drug-likeness (QED) is 0.807. The molecule has 1 aliphatic carbocycles. The van der Waals surface area contributed by atoms with E-state index < -0.39 is 24.2 Å². The van der Waals surface area contributed by atoms with Crippen LogP contribution in [0.4, 0.5) is 4.79 Å². The van der Waals surface area contributed by atoms with Gasteiger partial charge in [-0.2, -0.15) is 0 Å². The van der Waals surface area contributed by atoms with Crippen LogP contribution in [0.15, 0.2) is 30.3 Å². The number of aliphatic hydroxyl groups is 1. The Bertz CT molecular complexity index is 505.